The van der Waals surface area contributed by atoms with Crippen LogP contribution in [0.25, 0.3) is 11.5 Å². The molecule has 7 heteroatoms. The second kappa shape index (κ2) is 6.31. The maximum absolute atomic E-state index is 11.8. The van der Waals surface area contributed by atoms with Crippen molar-refractivity contribution < 1.29 is 14.0 Å². The fourth-order valence-electron chi connectivity index (χ4n) is 2.17. The second-order valence-corrected chi connectivity index (χ2v) is 6.28. The molecule has 0 radical (unpaired) electrons. The zero-order chi connectivity index (χ0) is 15.5. The highest BCUT2D eigenvalue weighted by atomic mass is 32.1. The van der Waals surface area contributed by atoms with Crippen LogP contribution in [0.15, 0.2) is 28.2 Å². The summed E-state index contributed by atoms with van der Waals surface area (Å²) < 4.78 is 5.25. The highest BCUT2D eigenvalue weighted by Crippen LogP contribution is 2.37. The number of thiazole rings is 1. The maximum Gasteiger partial charge on any atom is 0.227 e. The molecule has 0 saturated heterocycles. The van der Waals surface area contributed by atoms with Crippen molar-refractivity contribution in [1.82, 2.24) is 10.3 Å². The van der Waals surface area contributed by atoms with Gasteiger partial charge in [0.25, 0.3) is 0 Å². The Kier molecular flexibility index (Phi) is 4.24. The third-order valence-corrected chi connectivity index (χ3v) is 4.38. The molecule has 1 saturated carbocycles. The van der Waals surface area contributed by atoms with E-state index < -0.39 is 0 Å². The summed E-state index contributed by atoms with van der Waals surface area (Å²) in [6.45, 7) is 2.40. The third kappa shape index (κ3) is 3.54. The number of hydrogen-bond acceptors (Lipinski definition) is 5. The van der Waals surface area contributed by atoms with Gasteiger partial charge in [-0.15, -0.1) is 11.3 Å². The molecule has 0 spiro atoms. The highest BCUT2D eigenvalue weighted by Gasteiger charge is 2.38. The normalized spacial score (nSPS) is 19.7. The first-order chi connectivity index (χ1) is 10.6. The average Bonchev–Trinajstić information content (AvgIpc) is 2.93. The lowest BCUT2D eigenvalue weighted by molar-refractivity contribution is -0.122. The van der Waals surface area contributed by atoms with E-state index >= 15 is 0 Å². The molecule has 0 bridgehead atoms. The van der Waals surface area contributed by atoms with Crippen LogP contribution in [0.3, 0.4) is 0 Å². The summed E-state index contributed by atoms with van der Waals surface area (Å²) in [5.41, 5.74) is 0.696. The van der Waals surface area contributed by atoms with Crippen molar-refractivity contribution in [3.05, 3.63) is 23.8 Å². The van der Waals surface area contributed by atoms with E-state index in [2.05, 4.69) is 22.5 Å². The first-order valence-corrected chi connectivity index (χ1v) is 8.08. The van der Waals surface area contributed by atoms with E-state index in [4.69, 9.17) is 4.42 Å². The lowest BCUT2D eigenvalue weighted by atomic mass is 10.3. The molecule has 1 aliphatic carbocycles. The summed E-state index contributed by atoms with van der Waals surface area (Å²) >= 11 is 1.34. The van der Waals surface area contributed by atoms with E-state index in [0.717, 1.165) is 6.42 Å². The largest absolute Gasteiger partial charge is 0.463 e. The predicted octanol–water partition coefficient (Wildman–Crippen LogP) is 2.50. The van der Waals surface area contributed by atoms with Gasteiger partial charge in [-0.05, 0) is 24.5 Å². The van der Waals surface area contributed by atoms with E-state index in [9.17, 15) is 9.59 Å². The summed E-state index contributed by atoms with van der Waals surface area (Å²) in [6.07, 6.45) is 2.77. The number of nitrogens with zero attached hydrogens (tertiary/aromatic N) is 1. The molecular weight excluding hydrogens is 302 g/mol. The topological polar surface area (TPSA) is 84.2 Å². The molecule has 0 aliphatic heterocycles. The molecule has 22 heavy (non-hydrogen) atoms. The highest BCUT2D eigenvalue weighted by molar-refractivity contribution is 7.14. The van der Waals surface area contributed by atoms with Crippen LogP contribution in [-0.4, -0.2) is 23.3 Å². The van der Waals surface area contributed by atoms with Crippen molar-refractivity contribution in [3.8, 4) is 11.5 Å². The minimum absolute atomic E-state index is 0.0506. The van der Waals surface area contributed by atoms with Crippen LogP contribution >= 0.6 is 11.3 Å². The lowest BCUT2D eigenvalue weighted by Gasteiger charge is -2.04. The molecule has 116 valence electrons. The van der Waals surface area contributed by atoms with Crippen LogP contribution in [-0.2, 0) is 9.59 Å². The Morgan fingerprint density at radius 2 is 2.32 bits per heavy atom. The van der Waals surface area contributed by atoms with Gasteiger partial charge in [0.15, 0.2) is 10.9 Å². The van der Waals surface area contributed by atoms with Gasteiger partial charge < -0.3 is 15.1 Å². The van der Waals surface area contributed by atoms with Crippen LogP contribution < -0.4 is 10.6 Å². The van der Waals surface area contributed by atoms with Crippen molar-refractivity contribution in [2.75, 3.05) is 11.9 Å². The predicted molar refractivity (Wildman–Crippen MR) is 83.3 cm³/mol. The molecule has 2 amide bonds. The molecule has 2 atom stereocenters. The number of furan rings is 1. The standard InChI is InChI=1S/C15H17N3O3S/c1-9-7-10(9)14(20)16-5-4-13(19)18-15-17-11(8-22-15)12-3-2-6-21-12/h2-3,6,8-10H,4-5,7H2,1H3,(H,16,20)(H,17,18,19)/t9-,10-/m0/s1. The first-order valence-electron chi connectivity index (χ1n) is 7.20. The molecule has 0 unspecified atom stereocenters. The van der Waals surface area contributed by atoms with Crippen LogP contribution in [0.2, 0.25) is 0 Å². The van der Waals surface area contributed by atoms with Gasteiger partial charge in [0.05, 0.1) is 6.26 Å². The number of carbonyl (C=O) groups excluding carboxylic acids is 2. The summed E-state index contributed by atoms with van der Waals surface area (Å²) in [5, 5.41) is 7.87. The van der Waals surface area contributed by atoms with Crippen molar-refractivity contribution in [2.45, 2.75) is 19.8 Å². The number of amides is 2. The summed E-state index contributed by atoms with van der Waals surface area (Å²) in [5.74, 6) is 1.17. The minimum Gasteiger partial charge on any atom is -0.463 e. The molecule has 0 aromatic carbocycles. The van der Waals surface area contributed by atoms with E-state index in [0.29, 0.717) is 29.0 Å². The smallest absolute Gasteiger partial charge is 0.227 e. The molecule has 1 aliphatic rings. The third-order valence-electron chi connectivity index (χ3n) is 3.62. The van der Waals surface area contributed by atoms with E-state index in [1.54, 1.807) is 12.3 Å². The fourth-order valence-corrected chi connectivity index (χ4v) is 2.88. The van der Waals surface area contributed by atoms with Crippen molar-refractivity contribution in [2.24, 2.45) is 11.8 Å². The Balaban J connectivity index is 1.43. The Bertz CT molecular complexity index is 665. The molecule has 2 N–H and O–H groups in total. The molecule has 2 aromatic rings. The maximum atomic E-state index is 11.8. The van der Waals surface area contributed by atoms with Crippen LogP contribution in [0.1, 0.15) is 19.8 Å². The second-order valence-electron chi connectivity index (χ2n) is 5.42. The van der Waals surface area contributed by atoms with Crippen molar-refractivity contribution >= 4 is 28.3 Å². The monoisotopic (exact) mass is 319 g/mol. The molecule has 2 heterocycles. The van der Waals surface area contributed by atoms with Gasteiger partial charge >= 0.3 is 0 Å². The summed E-state index contributed by atoms with van der Waals surface area (Å²) in [7, 11) is 0. The lowest BCUT2D eigenvalue weighted by Crippen LogP contribution is -2.29. The SMILES string of the molecule is C[C@H]1C[C@@H]1C(=O)NCCC(=O)Nc1nc(-c2ccco2)cs1. The van der Waals surface area contributed by atoms with E-state index in [-0.39, 0.29) is 24.2 Å². The van der Waals surface area contributed by atoms with Crippen LogP contribution in [0.5, 0.6) is 0 Å². The molecule has 3 rings (SSSR count). The quantitative estimate of drug-likeness (QED) is 0.857. The number of carbonyl (C=O) groups is 2. The van der Waals surface area contributed by atoms with Gasteiger partial charge in [-0.2, -0.15) is 0 Å². The van der Waals surface area contributed by atoms with Crippen molar-refractivity contribution in [3.63, 3.8) is 0 Å². The van der Waals surface area contributed by atoms with Crippen molar-refractivity contribution in [1.29, 1.82) is 0 Å². The zero-order valence-corrected chi connectivity index (χ0v) is 13.0. The minimum atomic E-state index is -0.163. The summed E-state index contributed by atoms with van der Waals surface area (Å²) in [4.78, 5) is 27.7. The van der Waals surface area contributed by atoms with Gasteiger partial charge in [-0.1, -0.05) is 6.92 Å². The van der Waals surface area contributed by atoms with Crippen LogP contribution in [0, 0.1) is 11.8 Å². The Labute approximate surface area is 131 Å². The Morgan fingerprint density at radius 3 is 3.00 bits per heavy atom. The number of aromatic nitrogens is 1. The number of rotatable bonds is 6. The number of hydrogen-bond donors (Lipinski definition) is 2. The van der Waals surface area contributed by atoms with Gasteiger partial charge in [-0.25, -0.2) is 4.98 Å². The number of nitrogens with one attached hydrogen (secondary N) is 2. The molecular formula is C15H17N3O3S. The van der Waals surface area contributed by atoms with Gasteiger partial charge in [0.2, 0.25) is 11.8 Å². The first kappa shape index (κ1) is 14.8. The van der Waals surface area contributed by atoms with E-state index in [1.807, 2.05) is 11.4 Å². The van der Waals surface area contributed by atoms with Gasteiger partial charge in [0, 0.05) is 24.3 Å². The van der Waals surface area contributed by atoms with E-state index in [1.165, 1.54) is 11.3 Å². The number of anilines is 1. The Morgan fingerprint density at radius 1 is 1.50 bits per heavy atom. The molecule has 2 aromatic heterocycles. The fraction of sp³-hybridized carbons (Fsp3) is 0.400. The molecule has 1 fully saturated rings. The zero-order valence-electron chi connectivity index (χ0n) is 12.2. The van der Waals surface area contributed by atoms with Gasteiger partial charge in [0.1, 0.15) is 5.69 Å². The average molecular weight is 319 g/mol. The van der Waals surface area contributed by atoms with Gasteiger partial charge in [-0.3, -0.25) is 9.59 Å². The molecule has 6 nitrogen and oxygen atoms in total. The summed E-state index contributed by atoms with van der Waals surface area (Å²) in [6, 6.07) is 3.60. The van der Waals surface area contributed by atoms with Crippen LogP contribution in [0.4, 0.5) is 5.13 Å². The Hall–Kier alpha value is -2.15.